The van der Waals surface area contributed by atoms with E-state index in [1.807, 2.05) is 6.08 Å². The van der Waals surface area contributed by atoms with E-state index in [1.54, 1.807) is 6.08 Å². The summed E-state index contributed by atoms with van der Waals surface area (Å²) >= 11 is 0. The highest BCUT2D eigenvalue weighted by molar-refractivity contribution is 5.76. The quantitative estimate of drug-likeness (QED) is 0.0320. The first-order valence-corrected chi connectivity index (χ1v) is 37.6. The minimum atomic E-state index is -0.842. The Morgan fingerprint density at radius 1 is 0.329 bits per heavy atom. The summed E-state index contributed by atoms with van der Waals surface area (Å²) in [6.45, 7) is 4.95. The highest BCUT2D eigenvalue weighted by atomic mass is 16.5. The molecule has 0 aromatic rings. The van der Waals surface area contributed by atoms with E-state index >= 15 is 0 Å². The number of aliphatic hydroxyl groups excluding tert-OH is 2. The summed E-state index contributed by atoms with van der Waals surface area (Å²) in [4.78, 5) is 24.6. The maximum absolute atomic E-state index is 12.5. The first-order valence-electron chi connectivity index (χ1n) is 37.6. The molecular formula is C76H147NO5. The third-order valence-electron chi connectivity index (χ3n) is 17.7. The number of hydrogen-bond acceptors (Lipinski definition) is 5. The number of aliphatic hydroxyl groups is 2. The normalized spacial score (nSPS) is 12.6. The predicted molar refractivity (Wildman–Crippen MR) is 361 cm³/mol. The van der Waals surface area contributed by atoms with Crippen molar-refractivity contribution >= 4 is 11.9 Å². The number of nitrogens with one attached hydrogen (secondary N) is 1. The summed E-state index contributed by atoms with van der Waals surface area (Å²) in [5, 5.41) is 23.2. The van der Waals surface area contributed by atoms with Gasteiger partial charge in [0.2, 0.25) is 5.91 Å². The van der Waals surface area contributed by atoms with Crippen molar-refractivity contribution in [2.75, 3.05) is 13.2 Å². The van der Waals surface area contributed by atoms with Gasteiger partial charge in [-0.3, -0.25) is 9.59 Å². The summed E-state index contributed by atoms with van der Waals surface area (Å²) in [6, 6.07) is -0.625. The first kappa shape index (κ1) is 80.3. The Balaban J connectivity index is 3.34. The second kappa shape index (κ2) is 71.8. The molecule has 1 amide bonds. The lowest BCUT2D eigenvalue weighted by atomic mass is 10.0. The minimum Gasteiger partial charge on any atom is -0.466 e. The van der Waals surface area contributed by atoms with Crippen LogP contribution in [0.4, 0.5) is 0 Å². The third kappa shape index (κ3) is 67.5. The molecule has 486 valence electrons. The van der Waals surface area contributed by atoms with E-state index in [0.29, 0.717) is 19.4 Å². The Morgan fingerprint density at radius 3 is 0.866 bits per heavy atom. The van der Waals surface area contributed by atoms with Crippen LogP contribution in [0.15, 0.2) is 24.3 Å². The second-order valence-electron chi connectivity index (χ2n) is 26.0. The number of rotatable bonds is 71. The summed E-state index contributed by atoms with van der Waals surface area (Å²) in [5.74, 6) is -0.0394. The van der Waals surface area contributed by atoms with Gasteiger partial charge in [0.05, 0.1) is 25.4 Å². The molecule has 2 unspecified atom stereocenters. The van der Waals surface area contributed by atoms with Gasteiger partial charge >= 0.3 is 5.97 Å². The van der Waals surface area contributed by atoms with Gasteiger partial charge in [-0.2, -0.15) is 0 Å². The zero-order valence-electron chi connectivity index (χ0n) is 55.8. The molecule has 2 atom stereocenters. The average Bonchev–Trinajstić information content (AvgIpc) is 3.48. The van der Waals surface area contributed by atoms with Gasteiger partial charge in [0, 0.05) is 12.8 Å². The molecule has 0 saturated heterocycles. The van der Waals surface area contributed by atoms with Gasteiger partial charge in [-0.15, -0.1) is 0 Å². The van der Waals surface area contributed by atoms with E-state index in [0.717, 1.165) is 38.5 Å². The standard InChI is InChI=1S/C76H147NO5/c1-3-5-7-9-11-13-15-17-19-20-38-42-46-50-54-58-62-66-70-76(81)82-71-67-63-59-55-51-47-43-39-36-34-32-30-28-26-24-22-21-23-25-27-29-31-33-35-37-41-45-49-53-57-61-65-69-75(80)77-73(72-78)74(79)68-64-60-56-52-48-44-40-18-16-14-12-10-8-6-4-2/h24,26,64,68,73-74,78-79H,3-23,25,27-63,65-67,69-72H2,1-2H3,(H,77,80)/b26-24-,68-64+. The molecule has 6 nitrogen and oxygen atoms in total. The van der Waals surface area contributed by atoms with E-state index in [-0.39, 0.29) is 18.5 Å². The van der Waals surface area contributed by atoms with Crippen LogP contribution in [0, 0.1) is 0 Å². The van der Waals surface area contributed by atoms with Crippen molar-refractivity contribution in [1.82, 2.24) is 5.32 Å². The van der Waals surface area contributed by atoms with Crippen LogP contribution in [0.25, 0.3) is 0 Å². The van der Waals surface area contributed by atoms with Gasteiger partial charge in [-0.25, -0.2) is 0 Å². The molecule has 0 aliphatic carbocycles. The monoisotopic (exact) mass is 1150 g/mol. The molecule has 6 heteroatoms. The fourth-order valence-electron chi connectivity index (χ4n) is 12.0. The molecule has 0 radical (unpaired) electrons. The fraction of sp³-hybridized carbons (Fsp3) is 0.921. The van der Waals surface area contributed by atoms with Crippen LogP contribution in [0.3, 0.4) is 0 Å². The molecule has 0 saturated carbocycles. The van der Waals surface area contributed by atoms with Crippen LogP contribution in [-0.4, -0.2) is 47.4 Å². The molecule has 3 N–H and O–H groups in total. The summed E-state index contributed by atoms with van der Waals surface area (Å²) in [6.07, 6.45) is 91.4. The lowest BCUT2D eigenvalue weighted by Gasteiger charge is -2.20. The third-order valence-corrected chi connectivity index (χ3v) is 17.7. The number of hydrogen-bond donors (Lipinski definition) is 3. The molecule has 0 aromatic carbocycles. The number of unbranched alkanes of at least 4 members (excludes halogenated alkanes) is 58. The highest BCUT2D eigenvalue weighted by Crippen LogP contribution is 2.19. The van der Waals surface area contributed by atoms with Gasteiger partial charge in [-0.05, 0) is 57.8 Å². The highest BCUT2D eigenvalue weighted by Gasteiger charge is 2.18. The Kier molecular flexibility index (Phi) is 70.4. The lowest BCUT2D eigenvalue weighted by molar-refractivity contribution is -0.143. The molecule has 0 rings (SSSR count). The molecule has 0 aromatic heterocycles. The van der Waals surface area contributed by atoms with Crippen LogP contribution in [0.1, 0.15) is 425 Å². The van der Waals surface area contributed by atoms with Crippen molar-refractivity contribution in [1.29, 1.82) is 0 Å². The van der Waals surface area contributed by atoms with E-state index < -0.39 is 12.1 Å². The Hall–Kier alpha value is -1.66. The van der Waals surface area contributed by atoms with E-state index in [9.17, 15) is 19.8 Å². The van der Waals surface area contributed by atoms with Gasteiger partial charge < -0.3 is 20.3 Å². The van der Waals surface area contributed by atoms with Gasteiger partial charge in [0.25, 0.3) is 0 Å². The molecule has 0 heterocycles. The van der Waals surface area contributed by atoms with Crippen molar-refractivity contribution in [2.45, 2.75) is 437 Å². The predicted octanol–water partition coefficient (Wildman–Crippen LogP) is 24.5. The SMILES string of the molecule is CCCCCCCCCCCCCCC/C=C/C(O)C(CO)NC(=O)CCCCCCCCCCCCCCCCCC/C=C\CCCCCCCCCCCCCCOC(=O)CCCCCCCCCCCCCCCCCCCC. The topological polar surface area (TPSA) is 95.9 Å². The number of carbonyl (C=O) groups excluding carboxylic acids is 2. The second-order valence-corrected chi connectivity index (χ2v) is 26.0. The number of amides is 1. The molecule has 0 aliphatic rings. The fourth-order valence-corrected chi connectivity index (χ4v) is 12.0. The van der Waals surface area contributed by atoms with Crippen LogP contribution in [0.2, 0.25) is 0 Å². The molecule has 0 bridgehead atoms. The van der Waals surface area contributed by atoms with E-state index in [4.69, 9.17) is 4.74 Å². The summed E-state index contributed by atoms with van der Waals surface area (Å²) in [7, 11) is 0. The van der Waals surface area contributed by atoms with E-state index in [2.05, 4.69) is 31.3 Å². The number of allylic oxidation sites excluding steroid dienone is 3. The van der Waals surface area contributed by atoms with Crippen LogP contribution in [0.5, 0.6) is 0 Å². The molecule has 0 spiro atoms. The summed E-state index contributed by atoms with van der Waals surface area (Å²) in [5.41, 5.74) is 0. The Labute approximate surface area is 513 Å². The number of carbonyl (C=O) groups is 2. The first-order chi connectivity index (χ1) is 40.5. The number of esters is 1. The number of ether oxygens (including phenoxy) is 1. The molecular weight excluding hydrogens is 1010 g/mol. The Morgan fingerprint density at radius 2 is 0.573 bits per heavy atom. The van der Waals surface area contributed by atoms with E-state index in [1.165, 1.54) is 360 Å². The van der Waals surface area contributed by atoms with Gasteiger partial charge in [0.1, 0.15) is 0 Å². The van der Waals surface area contributed by atoms with Crippen molar-refractivity contribution < 1.29 is 24.5 Å². The summed E-state index contributed by atoms with van der Waals surface area (Å²) < 4.78 is 5.51. The molecule has 82 heavy (non-hydrogen) atoms. The van der Waals surface area contributed by atoms with Crippen LogP contribution >= 0.6 is 0 Å². The van der Waals surface area contributed by atoms with Crippen molar-refractivity contribution in [2.24, 2.45) is 0 Å². The Bertz CT molecular complexity index is 1280. The van der Waals surface area contributed by atoms with Crippen LogP contribution < -0.4 is 5.32 Å². The van der Waals surface area contributed by atoms with Crippen molar-refractivity contribution in [3.63, 3.8) is 0 Å². The molecule has 0 aliphatic heterocycles. The van der Waals surface area contributed by atoms with Gasteiger partial charge in [-0.1, -0.05) is 378 Å². The average molecular weight is 1160 g/mol. The van der Waals surface area contributed by atoms with Crippen LogP contribution in [-0.2, 0) is 14.3 Å². The van der Waals surface area contributed by atoms with Gasteiger partial charge in [0.15, 0.2) is 0 Å². The lowest BCUT2D eigenvalue weighted by Crippen LogP contribution is -2.45. The zero-order valence-corrected chi connectivity index (χ0v) is 55.8. The maximum atomic E-state index is 12.5. The van der Waals surface area contributed by atoms with Crippen molar-refractivity contribution in [3.8, 4) is 0 Å². The smallest absolute Gasteiger partial charge is 0.305 e. The van der Waals surface area contributed by atoms with Crippen molar-refractivity contribution in [3.05, 3.63) is 24.3 Å². The minimum absolute atomic E-state index is 0.0232. The zero-order chi connectivity index (χ0) is 59.2. The maximum Gasteiger partial charge on any atom is 0.305 e. The molecule has 0 fully saturated rings. The largest absolute Gasteiger partial charge is 0.466 e.